The number of anilines is 1. The van der Waals surface area contributed by atoms with Crippen LogP contribution in [0.25, 0.3) is 0 Å². The van der Waals surface area contributed by atoms with Crippen LogP contribution in [0.4, 0.5) is 11.5 Å². The van der Waals surface area contributed by atoms with Crippen molar-refractivity contribution in [2.75, 3.05) is 5.32 Å². The molecule has 1 aromatic carbocycles. The minimum Gasteiger partial charge on any atom is -0.360 e. The second-order valence-electron chi connectivity index (χ2n) is 5.31. The Morgan fingerprint density at radius 3 is 2.72 bits per heavy atom. The van der Waals surface area contributed by atoms with E-state index < -0.39 is 5.92 Å². The number of hydrogen-bond acceptors (Lipinski definition) is 5. The molecule has 1 N–H and O–H groups in total. The summed E-state index contributed by atoms with van der Waals surface area (Å²) in [5, 5.41) is 7.21. The summed E-state index contributed by atoms with van der Waals surface area (Å²) in [6.45, 7) is 1.79. The fourth-order valence-electron chi connectivity index (χ4n) is 2.13. The monoisotopic (exact) mass is 354 g/mol. The van der Waals surface area contributed by atoms with Gasteiger partial charge in [0.2, 0.25) is 5.91 Å². The van der Waals surface area contributed by atoms with E-state index in [-0.39, 0.29) is 5.91 Å². The van der Waals surface area contributed by atoms with Crippen molar-refractivity contribution in [3.05, 3.63) is 71.2 Å². The van der Waals surface area contributed by atoms with Crippen molar-refractivity contribution in [2.45, 2.75) is 12.8 Å². The molecular formula is C18H15ClN4O2. The molecule has 0 fully saturated rings. The molecule has 0 saturated carbocycles. The van der Waals surface area contributed by atoms with Gasteiger partial charge < -0.3 is 9.84 Å². The second kappa shape index (κ2) is 7.72. The number of amides is 1. The summed E-state index contributed by atoms with van der Waals surface area (Å²) < 4.78 is 5.25. The fourth-order valence-corrected chi connectivity index (χ4v) is 2.25. The number of rotatable bonds is 5. The van der Waals surface area contributed by atoms with Crippen LogP contribution in [0, 0.1) is 6.92 Å². The molecule has 3 rings (SSSR count). The number of hydrogen-bond donors (Lipinski definition) is 1. The number of aryl methyl sites for hydroxylation is 1. The van der Waals surface area contributed by atoms with E-state index in [0.717, 1.165) is 0 Å². The van der Waals surface area contributed by atoms with Crippen LogP contribution >= 0.6 is 11.6 Å². The third-order valence-electron chi connectivity index (χ3n) is 3.35. The first-order valence-corrected chi connectivity index (χ1v) is 7.94. The summed E-state index contributed by atoms with van der Waals surface area (Å²) in [6.07, 6.45) is 3.12. The maximum Gasteiger partial charge on any atom is 0.241 e. The third-order valence-corrected chi connectivity index (χ3v) is 3.60. The first-order valence-electron chi connectivity index (χ1n) is 7.57. The second-order valence-corrected chi connectivity index (χ2v) is 5.74. The van der Waals surface area contributed by atoms with Gasteiger partial charge in [-0.1, -0.05) is 22.8 Å². The normalized spacial score (nSPS) is 12.2. The largest absolute Gasteiger partial charge is 0.360 e. The van der Waals surface area contributed by atoms with Gasteiger partial charge in [0.15, 0.2) is 5.76 Å². The molecule has 1 unspecified atom stereocenters. The molecule has 0 spiro atoms. The average molecular weight is 355 g/mol. The molecule has 2 aromatic heterocycles. The number of benzene rings is 1. The molecule has 2 heterocycles. The Balaban J connectivity index is 1.84. The number of aromatic nitrogens is 2. The van der Waals surface area contributed by atoms with Gasteiger partial charge in [0.25, 0.3) is 0 Å². The maximum absolute atomic E-state index is 12.6. The van der Waals surface area contributed by atoms with Crippen LogP contribution in [0.15, 0.2) is 64.2 Å². The lowest BCUT2D eigenvalue weighted by Gasteiger charge is -2.09. The van der Waals surface area contributed by atoms with Crippen molar-refractivity contribution in [3.63, 3.8) is 0 Å². The van der Waals surface area contributed by atoms with Gasteiger partial charge in [-0.15, -0.1) is 0 Å². The topological polar surface area (TPSA) is 80.4 Å². The number of nitrogens with zero attached hydrogens (tertiary/aromatic N) is 3. The lowest BCUT2D eigenvalue weighted by atomic mass is 10.1. The van der Waals surface area contributed by atoms with Crippen LogP contribution in [0.5, 0.6) is 0 Å². The minimum atomic E-state index is -0.737. The Hall–Kier alpha value is -2.99. The molecule has 7 heteroatoms. The zero-order valence-electron chi connectivity index (χ0n) is 13.4. The molecule has 1 atom stereocenters. The summed E-state index contributed by atoms with van der Waals surface area (Å²) in [4.78, 5) is 21.1. The number of carbonyl (C=O) groups excluding carboxylic acids is 1. The van der Waals surface area contributed by atoms with Crippen molar-refractivity contribution in [1.82, 2.24) is 10.1 Å². The van der Waals surface area contributed by atoms with Gasteiger partial charge in [-0.25, -0.2) is 4.98 Å². The van der Waals surface area contributed by atoms with Gasteiger partial charge in [-0.3, -0.25) is 9.79 Å². The first-order chi connectivity index (χ1) is 12.1. The summed E-state index contributed by atoms with van der Waals surface area (Å²) in [6, 6.07) is 14.0. The van der Waals surface area contributed by atoms with Crippen molar-refractivity contribution in [1.29, 1.82) is 0 Å². The number of halogens is 1. The lowest BCUT2D eigenvalue weighted by molar-refractivity contribution is -0.116. The van der Waals surface area contributed by atoms with Crippen LogP contribution in [-0.4, -0.2) is 22.3 Å². The van der Waals surface area contributed by atoms with Crippen LogP contribution in [0.2, 0.25) is 5.02 Å². The molecular weight excluding hydrogens is 340 g/mol. The molecule has 0 aliphatic rings. The van der Waals surface area contributed by atoms with E-state index in [9.17, 15) is 4.79 Å². The predicted octanol–water partition coefficient (Wildman–Crippen LogP) is 4.16. The van der Waals surface area contributed by atoms with Gasteiger partial charge in [-0.05, 0) is 43.3 Å². The van der Waals surface area contributed by atoms with Gasteiger partial charge in [0.05, 0.1) is 11.4 Å². The smallest absolute Gasteiger partial charge is 0.241 e. The Kier molecular flexibility index (Phi) is 5.20. The van der Waals surface area contributed by atoms with Crippen LogP contribution in [-0.2, 0) is 4.79 Å². The van der Waals surface area contributed by atoms with Crippen molar-refractivity contribution in [2.24, 2.45) is 4.99 Å². The number of nitrogens with one attached hydrogen (secondary N) is 1. The van der Waals surface area contributed by atoms with Crippen molar-refractivity contribution in [3.8, 4) is 0 Å². The molecule has 0 aliphatic heterocycles. The molecule has 0 radical (unpaired) electrons. The van der Waals surface area contributed by atoms with Crippen LogP contribution in [0.3, 0.4) is 0 Å². The van der Waals surface area contributed by atoms with Gasteiger partial charge in [0, 0.05) is 23.5 Å². The Labute approximate surface area is 149 Å². The number of carbonyl (C=O) groups is 1. The molecule has 0 aliphatic carbocycles. The van der Waals surface area contributed by atoms with E-state index in [2.05, 4.69) is 20.4 Å². The fraction of sp³-hybridized carbons (Fsp3) is 0.111. The highest BCUT2D eigenvalue weighted by molar-refractivity contribution is 6.30. The third kappa shape index (κ3) is 4.51. The average Bonchev–Trinajstić information content (AvgIpc) is 3.04. The van der Waals surface area contributed by atoms with Gasteiger partial charge in [0.1, 0.15) is 11.7 Å². The van der Waals surface area contributed by atoms with E-state index >= 15 is 0 Å². The standard InChI is InChI=1S/C18H15ClN4O2/c1-12-10-16(25-23-12)15(11-21-14-7-5-13(19)6-8-14)18(24)22-17-4-2-3-9-20-17/h2-11,15H,1H3,(H,20,22,24). The summed E-state index contributed by atoms with van der Waals surface area (Å²) in [7, 11) is 0. The highest BCUT2D eigenvalue weighted by Gasteiger charge is 2.23. The molecule has 126 valence electrons. The van der Waals surface area contributed by atoms with E-state index in [1.165, 1.54) is 6.21 Å². The summed E-state index contributed by atoms with van der Waals surface area (Å²) >= 11 is 5.87. The molecule has 3 aromatic rings. The molecule has 0 bridgehead atoms. The molecule has 1 amide bonds. The SMILES string of the molecule is Cc1cc(C(C=Nc2ccc(Cl)cc2)C(=O)Nc2ccccn2)on1. The Morgan fingerprint density at radius 1 is 1.28 bits per heavy atom. The van der Waals surface area contributed by atoms with Crippen molar-refractivity contribution >= 4 is 35.2 Å². The molecule has 0 saturated heterocycles. The highest BCUT2D eigenvalue weighted by atomic mass is 35.5. The number of pyridine rings is 1. The van der Waals surface area contributed by atoms with Crippen LogP contribution in [0.1, 0.15) is 17.4 Å². The van der Waals surface area contributed by atoms with E-state index in [1.54, 1.807) is 61.7 Å². The maximum atomic E-state index is 12.6. The molecule has 25 heavy (non-hydrogen) atoms. The van der Waals surface area contributed by atoms with Crippen molar-refractivity contribution < 1.29 is 9.32 Å². The minimum absolute atomic E-state index is 0.312. The zero-order chi connectivity index (χ0) is 17.6. The van der Waals surface area contributed by atoms with E-state index in [4.69, 9.17) is 16.1 Å². The zero-order valence-corrected chi connectivity index (χ0v) is 14.1. The lowest BCUT2D eigenvalue weighted by Crippen LogP contribution is -2.22. The quantitative estimate of drug-likeness (QED) is 0.698. The van der Waals surface area contributed by atoms with E-state index in [0.29, 0.717) is 28.0 Å². The molecule has 6 nitrogen and oxygen atoms in total. The van der Waals surface area contributed by atoms with Gasteiger partial charge >= 0.3 is 0 Å². The van der Waals surface area contributed by atoms with Gasteiger partial charge in [-0.2, -0.15) is 0 Å². The predicted molar refractivity (Wildman–Crippen MR) is 96.5 cm³/mol. The first kappa shape index (κ1) is 16.9. The number of aliphatic imine (C=N–C) groups is 1. The Morgan fingerprint density at radius 2 is 2.08 bits per heavy atom. The summed E-state index contributed by atoms with van der Waals surface area (Å²) in [5.74, 6) is -0.191. The van der Waals surface area contributed by atoms with E-state index in [1.807, 2.05) is 0 Å². The summed E-state index contributed by atoms with van der Waals surface area (Å²) in [5.41, 5.74) is 1.36. The Bertz CT molecular complexity index is 876. The highest BCUT2D eigenvalue weighted by Crippen LogP contribution is 2.21. The van der Waals surface area contributed by atoms with Crippen LogP contribution < -0.4 is 5.32 Å².